The maximum Gasteiger partial charge on any atom is 0.325 e. The Morgan fingerprint density at radius 2 is 1.79 bits per heavy atom. The lowest BCUT2D eigenvalue weighted by molar-refractivity contribution is -0.134. The molecular formula is C29H30ClN3O6. The number of carbonyl (C=O) groups excluding carboxylic acids is 3. The molecule has 1 fully saturated rings. The molecule has 10 heteroatoms. The maximum atomic E-state index is 13.7. The molecule has 1 heterocycles. The van der Waals surface area contributed by atoms with E-state index in [1.54, 1.807) is 49.4 Å². The lowest BCUT2D eigenvalue weighted by atomic mass is 9.91. The topological polar surface area (TPSA) is 128 Å². The fraction of sp³-hybridized carbons (Fsp3) is 0.276. The highest BCUT2D eigenvalue weighted by molar-refractivity contribution is 6.33. The molecule has 1 aliphatic heterocycles. The molecule has 9 nitrogen and oxygen atoms in total. The summed E-state index contributed by atoms with van der Waals surface area (Å²) < 4.78 is 5.41. The van der Waals surface area contributed by atoms with E-state index < -0.39 is 48.6 Å². The number of hydrogen-bond donors (Lipinski definition) is 4. The average molecular weight is 552 g/mol. The Labute approximate surface area is 231 Å². The van der Waals surface area contributed by atoms with Gasteiger partial charge in [-0.2, -0.15) is 0 Å². The minimum atomic E-state index is -1.16. The van der Waals surface area contributed by atoms with Crippen molar-refractivity contribution in [3.05, 3.63) is 94.5 Å². The highest BCUT2D eigenvalue weighted by atomic mass is 35.5. The van der Waals surface area contributed by atoms with Gasteiger partial charge in [-0.15, -0.1) is 0 Å². The van der Waals surface area contributed by atoms with Crippen LogP contribution in [0, 0.1) is 6.92 Å². The number of ether oxygens (including phenoxy) is 1. The van der Waals surface area contributed by atoms with Crippen LogP contribution in [0.3, 0.4) is 0 Å². The van der Waals surface area contributed by atoms with E-state index in [2.05, 4.69) is 10.6 Å². The smallest absolute Gasteiger partial charge is 0.325 e. The summed E-state index contributed by atoms with van der Waals surface area (Å²) in [5.41, 5.74) is 2.58. The van der Waals surface area contributed by atoms with E-state index in [-0.39, 0.29) is 6.61 Å². The molecule has 1 aliphatic rings. The van der Waals surface area contributed by atoms with Crippen LogP contribution in [0.1, 0.15) is 35.6 Å². The van der Waals surface area contributed by atoms with Crippen LogP contribution in [0.15, 0.2) is 72.8 Å². The predicted octanol–water partition coefficient (Wildman–Crippen LogP) is 3.78. The first-order valence-corrected chi connectivity index (χ1v) is 12.8. The lowest BCUT2D eigenvalue weighted by Crippen LogP contribution is -2.50. The molecule has 0 radical (unpaired) electrons. The van der Waals surface area contributed by atoms with E-state index in [4.69, 9.17) is 21.4 Å². The second-order valence-electron chi connectivity index (χ2n) is 9.42. The van der Waals surface area contributed by atoms with E-state index in [9.17, 15) is 19.5 Å². The second kappa shape index (κ2) is 12.3. The normalized spacial score (nSPS) is 17.4. The third kappa shape index (κ3) is 6.39. The summed E-state index contributed by atoms with van der Waals surface area (Å²) in [5.74, 6) is -1.22. The predicted molar refractivity (Wildman–Crippen MR) is 147 cm³/mol. The van der Waals surface area contributed by atoms with E-state index in [1.165, 1.54) is 0 Å². The van der Waals surface area contributed by atoms with E-state index in [1.807, 2.05) is 37.3 Å². The lowest BCUT2D eigenvalue weighted by Gasteiger charge is -2.30. The van der Waals surface area contributed by atoms with Gasteiger partial charge in [-0.05, 0) is 47.9 Å². The number of nitrogens with one attached hydrogen (secondary N) is 2. The number of amides is 4. The molecule has 1 saturated heterocycles. The van der Waals surface area contributed by atoms with Gasteiger partial charge in [-0.1, -0.05) is 67.1 Å². The van der Waals surface area contributed by atoms with Crippen LogP contribution in [0.25, 0.3) is 0 Å². The molecule has 4 amide bonds. The molecule has 4 N–H and O–H groups in total. The van der Waals surface area contributed by atoms with Gasteiger partial charge in [0.15, 0.2) is 0 Å². The number of nitrogens with zero attached hydrogens (tertiary/aromatic N) is 1. The molecule has 39 heavy (non-hydrogen) atoms. The van der Waals surface area contributed by atoms with Gasteiger partial charge < -0.3 is 25.6 Å². The molecule has 4 atom stereocenters. The molecule has 0 bridgehead atoms. The summed E-state index contributed by atoms with van der Waals surface area (Å²) >= 11 is 6.34. The Morgan fingerprint density at radius 3 is 2.44 bits per heavy atom. The zero-order valence-corrected chi connectivity index (χ0v) is 22.3. The number of aliphatic hydroxyl groups is 2. The summed E-state index contributed by atoms with van der Waals surface area (Å²) in [7, 11) is 0. The first kappa shape index (κ1) is 28.1. The first-order valence-electron chi connectivity index (χ1n) is 12.5. The van der Waals surface area contributed by atoms with Gasteiger partial charge in [-0.3, -0.25) is 9.59 Å². The van der Waals surface area contributed by atoms with Gasteiger partial charge in [0.1, 0.15) is 30.5 Å². The number of rotatable bonds is 10. The van der Waals surface area contributed by atoms with Crippen LogP contribution in [0.5, 0.6) is 5.75 Å². The minimum Gasteiger partial charge on any atom is -0.491 e. The van der Waals surface area contributed by atoms with E-state index >= 15 is 0 Å². The number of hydrogen-bond acceptors (Lipinski definition) is 6. The van der Waals surface area contributed by atoms with Crippen molar-refractivity contribution in [1.29, 1.82) is 0 Å². The highest BCUT2D eigenvalue weighted by Gasteiger charge is 2.47. The third-order valence-electron chi connectivity index (χ3n) is 6.57. The number of urea groups is 1. The van der Waals surface area contributed by atoms with Crippen LogP contribution < -0.4 is 15.4 Å². The van der Waals surface area contributed by atoms with Crippen molar-refractivity contribution in [2.24, 2.45) is 0 Å². The van der Waals surface area contributed by atoms with Crippen LogP contribution in [0.2, 0.25) is 5.02 Å². The number of carbonyl (C=O) groups is 3. The van der Waals surface area contributed by atoms with Crippen molar-refractivity contribution in [2.45, 2.75) is 38.0 Å². The number of halogens is 1. The van der Waals surface area contributed by atoms with Crippen molar-refractivity contribution in [3.63, 3.8) is 0 Å². The zero-order valence-electron chi connectivity index (χ0n) is 21.5. The molecule has 0 aliphatic carbocycles. The molecule has 3 aromatic carbocycles. The Balaban J connectivity index is 1.60. The van der Waals surface area contributed by atoms with Crippen LogP contribution in [0.4, 0.5) is 10.5 Å². The summed E-state index contributed by atoms with van der Waals surface area (Å²) in [6.45, 7) is 3.14. The summed E-state index contributed by atoms with van der Waals surface area (Å²) in [5, 5.41) is 24.2. The standard InChI is InChI=1S/C29H30ClN3O6/c1-17-8-13-24(23(30)14-17)31-27(36)26(18(2)19-6-4-3-5-7-19)33-28(37)25(32-29(33)38)20-9-11-22(12-10-20)39-16-21(35)15-34/h3-14,18,21,25-26,34-35H,15-16H2,1-2H3,(H,31,36)(H,32,38). The van der Waals surface area contributed by atoms with Gasteiger partial charge in [0.05, 0.1) is 17.3 Å². The Morgan fingerprint density at radius 1 is 1.10 bits per heavy atom. The van der Waals surface area contributed by atoms with Crippen LogP contribution in [-0.2, 0) is 9.59 Å². The minimum absolute atomic E-state index is 0.0954. The fourth-order valence-electron chi connectivity index (χ4n) is 4.42. The summed E-state index contributed by atoms with van der Waals surface area (Å²) in [6.07, 6.45) is -1.02. The maximum absolute atomic E-state index is 13.7. The quantitative estimate of drug-likeness (QED) is 0.284. The van der Waals surface area contributed by atoms with Crippen molar-refractivity contribution in [3.8, 4) is 5.75 Å². The number of anilines is 1. The first-order chi connectivity index (χ1) is 18.7. The van der Waals surface area contributed by atoms with Gasteiger partial charge in [0.2, 0.25) is 5.91 Å². The highest BCUT2D eigenvalue weighted by Crippen LogP contribution is 2.32. The number of aliphatic hydroxyl groups excluding tert-OH is 2. The fourth-order valence-corrected chi connectivity index (χ4v) is 4.70. The molecule has 3 aromatic rings. The molecular weight excluding hydrogens is 522 g/mol. The Bertz CT molecular complexity index is 1330. The van der Waals surface area contributed by atoms with Gasteiger partial charge in [0, 0.05) is 5.92 Å². The Kier molecular flexibility index (Phi) is 8.86. The molecule has 204 valence electrons. The van der Waals surface area contributed by atoms with Crippen molar-refractivity contribution in [2.75, 3.05) is 18.5 Å². The van der Waals surface area contributed by atoms with Gasteiger partial charge in [0.25, 0.3) is 5.91 Å². The van der Waals surface area contributed by atoms with Crippen molar-refractivity contribution in [1.82, 2.24) is 10.2 Å². The summed E-state index contributed by atoms with van der Waals surface area (Å²) in [4.78, 5) is 41.5. The molecule has 0 spiro atoms. The average Bonchev–Trinajstić information content (AvgIpc) is 3.23. The zero-order chi connectivity index (χ0) is 28.1. The van der Waals surface area contributed by atoms with Gasteiger partial charge >= 0.3 is 6.03 Å². The third-order valence-corrected chi connectivity index (χ3v) is 6.88. The molecule has 4 rings (SSSR count). The van der Waals surface area contributed by atoms with E-state index in [0.717, 1.165) is 16.0 Å². The van der Waals surface area contributed by atoms with Crippen LogP contribution >= 0.6 is 11.6 Å². The molecule has 0 saturated carbocycles. The van der Waals surface area contributed by atoms with Crippen molar-refractivity contribution >= 4 is 35.1 Å². The molecule has 4 unspecified atom stereocenters. The SMILES string of the molecule is Cc1ccc(NC(=O)C(C(C)c2ccccc2)N2C(=O)NC(c3ccc(OCC(O)CO)cc3)C2=O)c(Cl)c1. The van der Waals surface area contributed by atoms with Gasteiger partial charge in [-0.25, -0.2) is 9.69 Å². The number of aryl methyl sites for hydroxylation is 1. The molecule has 0 aromatic heterocycles. The second-order valence-corrected chi connectivity index (χ2v) is 9.83. The summed E-state index contributed by atoms with van der Waals surface area (Å²) in [6, 6.07) is 18.0. The largest absolute Gasteiger partial charge is 0.491 e. The van der Waals surface area contributed by atoms with Crippen molar-refractivity contribution < 1.29 is 29.3 Å². The Hall–Kier alpha value is -3.92. The number of benzene rings is 3. The monoisotopic (exact) mass is 551 g/mol. The van der Waals surface area contributed by atoms with E-state index in [0.29, 0.717) is 22.0 Å². The van der Waals surface area contributed by atoms with Crippen LogP contribution in [-0.4, -0.2) is 58.3 Å². The number of imide groups is 1.